The second kappa shape index (κ2) is 4.46. The Balaban J connectivity index is 3.05. The molecule has 0 amide bonds. The third kappa shape index (κ3) is 2.57. The van der Waals surface area contributed by atoms with Crippen molar-refractivity contribution in [1.82, 2.24) is 4.90 Å². The van der Waals surface area contributed by atoms with Gasteiger partial charge in [-0.05, 0) is 39.1 Å². The van der Waals surface area contributed by atoms with Crippen LogP contribution in [0.25, 0.3) is 0 Å². The van der Waals surface area contributed by atoms with Crippen LogP contribution in [0, 0.1) is 11.3 Å². The zero-order valence-electron chi connectivity index (χ0n) is 9.91. The van der Waals surface area contributed by atoms with Crippen molar-refractivity contribution in [2.24, 2.45) is 0 Å². The quantitative estimate of drug-likeness (QED) is 0.753. The van der Waals surface area contributed by atoms with E-state index in [1.54, 1.807) is 0 Å². The minimum absolute atomic E-state index is 0.00542. The van der Waals surface area contributed by atoms with E-state index in [0.717, 1.165) is 5.56 Å². The minimum Gasteiger partial charge on any atom is -0.300 e. The van der Waals surface area contributed by atoms with Crippen LogP contribution in [0.15, 0.2) is 24.3 Å². The number of hydrogen-bond donors (Lipinski definition) is 0. The van der Waals surface area contributed by atoms with Crippen molar-refractivity contribution < 1.29 is 0 Å². The number of nitrogens with zero attached hydrogens (tertiary/aromatic N) is 2. The summed E-state index contributed by atoms with van der Waals surface area (Å²) in [6, 6.07) is 10.4. The molecule has 0 aliphatic rings. The van der Waals surface area contributed by atoms with Crippen molar-refractivity contribution in [2.75, 3.05) is 14.1 Å². The van der Waals surface area contributed by atoms with E-state index in [0.29, 0.717) is 6.42 Å². The van der Waals surface area contributed by atoms with Gasteiger partial charge in [0.15, 0.2) is 0 Å². The molecule has 0 saturated heterocycles. The van der Waals surface area contributed by atoms with Crippen LogP contribution >= 0.6 is 0 Å². The first-order chi connectivity index (χ1) is 6.98. The van der Waals surface area contributed by atoms with Gasteiger partial charge < -0.3 is 4.90 Å². The summed E-state index contributed by atoms with van der Waals surface area (Å²) in [5.41, 5.74) is 2.34. The molecule has 1 aromatic rings. The zero-order chi connectivity index (χ0) is 11.5. The fraction of sp³-hybridized carbons (Fsp3) is 0.462. The van der Waals surface area contributed by atoms with Crippen LogP contribution in [0.1, 0.15) is 25.0 Å². The van der Waals surface area contributed by atoms with Crippen molar-refractivity contribution >= 4 is 0 Å². The van der Waals surface area contributed by atoms with Gasteiger partial charge in [-0.15, -0.1) is 0 Å². The highest BCUT2D eigenvalue weighted by Gasteiger charge is 2.22. The molecule has 0 aromatic heterocycles. The Morgan fingerprint density at radius 2 is 2.00 bits per heavy atom. The second-order valence-electron chi connectivity index (χ2n) is 4.49. The SMILES string of the molecule is CN(C)C(C)(C)c1cccc(CC#N)c1. The Hall–Kier alpha value is -1.33. The lowest BCUT2D eigenvalue weighted by Crippen LogP contribution is -2.35. The first-order valence-electron chi connectivity index (χ1n) is 5.12. The molecule has 0 aliphatic heterocycles. The topological polar surface area (TPSA) is 27.0 Å². The fourth-order valence-electron chi connectivity index (χ4n) is 1.41. The maximum atomic E-state index is 8.66. The average Bonchev–Trinajstić information content (AvgIpc) is 2.18. The van der Waals surface area contributed by atoms with Crippen molar-refractivity contribution in [3.63, 3.8) is 0 Å². The predicted molar refractivity (Wildman–Crippen MR) is 62.5 cm³/mol. The van der Waals surface area contributed by atoms with Gasteiger partial charge in [-0.25, -0.2) is 0 Å². The van der Waals surface area contributed by atoms with Gasteiger partial charge in [0, 0.05) is 5.54 Å². The van der Waals surface area contributed by atoms with Crippen LogP contribution in [0.2, 0.25) is 0 Å². The summed E-state index contributed by atoms with van der Waals surface area (Å²) in [4.78, 5) is 2.18. The molecule has 15 heavy (non-hydrogen) atoms. The van der Waals surface area contributed by atoms with E-state index in [-0.39, 0.29) is 5.54 Å². The van der Waals surface area contributed by atoms with E-state index in [4.69, 9.17) is 5.26 Å². The van der Waals surface area contributed by atoms with Crippen LogP contribution in [0.5, 0.6) is 0 Å². The fourth-order valence-corrected chi connectivity index (χ4v) is 1.41. The van der Waals surface area contributed by atoms with Gasteiger partial charge in [0.1, 0.15) is 0 Å². The van der Waals surface area contributed by atoms with Gasteiger partial charge in [-0.3, -0.25) is 0 Å². The number of rotatable bonds is 3. The van der Waals surface area contributed by atoms with E-state index < -0.39 is 0 Å². The van der Waals surface area contributed by atoms with E-state index in [1.165, 1.54) is 5.56 Å². The molecule has 1 aromatic carbocycles. The third-order valence-electron chi connectivity index (χ3n) is 3.03. The molecule has 0 saturated carbocycles. The van der Waals surface area contributed by atoms with Crippen molar-refractivity contribution in [3.8, 4) is 6.07 Å². The zero-order valence-corrected chi connectivity index (χ0v) is 9.91. The van der Waals surface area contributed by atoms with Crippen LogP contribution < -0.4 is 0 Å². The van der Waals surface area contributed by atoms with Gasteiger partial charge in [0.25, 0.3) is 0 Å². The Kier molecular flexibility index (Phi) is 3.49. The predicted octanol–water partition coefficient (Wildman–Crippen LogP) is 2.55. The van der Waals surface area contributed by atoms with Crippen LogP contribution in [0.4, 0.5) is 0 Å². The Morgan fingerprint density at radius 1 is 1.33 bits per heavy atom. The van der Waals surface area contributed by atoms with Crippen molar-refractivity contribution in [3.05, 3.63) is 35.4 Å². The van der Waals surface area contributed by atoms with Crippen molar-refractivity contribution in [2.45, 2.75) is 25.8 Å². The van der Waals surface area contributed by atoms with Crippen LogP contribution in [-0.2, 0) is 12.0 Å². The number of benzene rings is 1. The molecule has 0 N–H and O–H groups in total. The van der Waals surface area contributed by atoms with Crippen LogP contribution in [-0.4, -0.2) is 19.0 Å². The minimum atomic E-state index is 0.00542. The maximum Gasteiger partial charge on any atom is 0.0669 e. The van der Waals surface area contributed by atoms with Gasteiger partial charge in [-0.1, -0.05) is 24.3 Å². The lowest BCUT2D eigenvalue weighted by molar-refractivity contribution is 0.197. The van der Waals surface area contributed by atoms with E-state index in [9.17, 15) is 0 Å². The smallest absolute Gasteiger partial charge is 0.0669 e. The molecule has 0 spiro atoms. The Bertz CT molecular complexity index is 372. The molecule has 0 unspecified atom stereocenters. The first-order valence-corrected chi connectivity index (χ1v) is 5.12. The molecule has 2 heteroatoms. The summed E-state index contributed by atoms with van der Waals surface area (Å²) in [5, 5.41) is 8.66. The van der Waals surface area contributed by atoms with Crippen molar-refractivity contribution in [1.29, 1.82) is 5.26 Å². The molecule has 2 nitrogen and oxygen atoms in total. The Morgan fingerprint density at radius 3 is 2.53 bits per heavy atom. The first kappa shape index (κ1) is 11.7. The van der Waals surface area contributed by atoms with E-state index in [2.05, 4.69) is 51.0 Å². The normalized spacial score (nSPS) is 11.5. The van der Waals surface area contributed by atoms with Gasteiger partial charge >= 0.3 is 0 Å². The summed E-state index contributed by atoms with van der Waals surface area (Å²) in [6.07, 6.45) is 0.483. The van der Waals surface area contributed by atoms with E-state index >= 15 is 0 Å². The average molecular weight is 202 g/mol. The molecule has 1 rings (SSSR count). The highest BCUT2D eigenvalue weighted by molar-refractivity contribution is 5.30. The molecular weight excluding hydrogens is 184 g/mol. The molecule has 80 valence electrons. The largest absolute Gasteiger partial charge is 0.300 e. The highest BCUT2D eigenvalue weighted by Crippen LogP contribution is 2.25. The van der Waals surface area contributed by atoms with Gasteiger partial charge in [-0.2, -0.15) is 5.26 Å². The number of hydrogen-bond acceptors (Lipinski definition) is 2. The van der Waals surface area contributed by atoms with Gasteiger partial charge in [0.05, 0.1) is 12.5 Å². The maximum absolute atomic E-state index is 8.66. The summed E-state index contributed by atoms with van der Waals surface area (Å²) >= 11 is 0. The molecule has 0 atom stereocenters. The lowest BCUT2D eigenvalue weighted by atomic mass is 9.91. The molecular formula is C13H18N2. The van der Waals surface area contributed by atoms with E-state index in [1.807, 2.05) is 12.1 Å². The molecule has 0 aliphatic carbocycles. The third-order valence-corrected chi connectivity index (χ3v) is 3.03. The van der Waals surface area contributed by atoms with Crippen LogP contribution in [0.3, 0.4) is 0 Å². The standard InChI is InChI=1S/C13H18N2/c1-13(2,15(3)4)12-7-5-6-11(10-12)8-9-14/h5-7,10H,8H2,1-4H3. The molecule has 0 radical (unpaired) electrons. The molecule has 0 fully saturated rings. The Labute approximate surface area is 92.1 Å². The molecule has 0 bridgehead atoms. The summed E-state index contributed by atoms with van der Waals surface area (Å²) in [6.45, 7) is 4.36. The highest BCUT2D eigenvalue weighted by atomic mass is 15.1. The molecule has 0 heterocycles. The summed E-state index contributed by atoms with van der Waals surface area (Å²) in [5.74, 6) is 0. The summed E-state index contributed by atoms with van der Waals surface area (Å²) in [7, 11) is 4.13. The summed E-state index contributed by atoms with van der Waals surface area (Å²) < 4.78 is 0. The van der Waals surface area contributed by atoms with Gasteiger partial charge in [0.2, 0.25) is 0 Å². The monoisotopic (exact) mass is 202 g/mol. The number of nitriles is 1. The second-order valence-corrected chi connectivity index (χ2v) is 4.49. The lowest BCUT2D eigenvalue weighted by Gasteiger charge is -2.33.